The molecule has 152 valence electrons. The molecule has 0 bridgehead atoms. The number of fused-ring (bicyclic) bond motifs is 1. The van der Waals surface area contributed by atoms with E-state index in [4.69, 9.17) is 9.97 Å². The molecule has 0 aliphatic carbocycles. The van der Waals surface area contributed by atoms with E-state index in [1.165, 1.54) is 5.56 Å². The van der Waals surface area contributed by atoms with Gasteiger partial charge in [-0.15, -0.1) is 0 Å². The number of aryl methyl sites for hydroxylation is 1. The van der Waals surface area contributed by atoms with Crippen LogP contribution < -0.4 is 4.90 Å². The van der Waals surface area contributed by atoms with Crippen LogP contribution in [0.25, 0.3) is 0 Å². The van der Waals surface area contributed by atoms with Gasteiger partial charge in [0.2, 0.25) is 11.8 Å². The third-order valence-corrected chi connectivity index (χ3v) is 6.00. The number of hydrogen-bond acceptors (Lipinski definition) is 4. The number of anilines is 1. The molecule has 2 aromatic rings. The molecule has 2 aliphatic heterocycles. The molecule has 0 saturated carbocycles. The first kappa shape index (κ1) is 19.6. The second kappa shape index (κ2) is 8.31. The molecule has 1 saturated heterocycles. The van der Waals surface area contributed by atoms with Crippen molar-refractivity contribution in [2.24, 2.45) is 0 Å². The molecule has 6 nitrogen and oxygen atoms in total. The second-order valence-corrected chi connectivity index (χ2v) is 7.85. The van der Waals surface area contributed by atoms with Crippen molar-refractivity contribution in [1.82, 2.24) is 14.9 Å². The number of likely N-dealkylation sites (tertiary alicyclic amines) is 1. The molecule has 0 radical (unpaired) electrons. The van der Waals surface area contributed by atoms with Crippen molar-refractivity contribution in [3.8, 4) is 0 Å². The van der Waals surface area contributed by atoms with E-state index < -0.39 is 0 Å². The van der Waals surface area contributed by atoms with E-state index in [1.807, 2.05) is 41.8 Å². The van der Waals surface area contributed by atoms with Crippen LogP contribution in [-0.2, 0) is 22.4 Å². The van der Waals surface area contributed by atoms with Gasteiger partial charge in [0.25, 0.3) is 0 Å². The molecular weight excluding hydrogens is 364 g/mol. The highest BCUT2D eigenvalue weighted by Crippen LogP contribution is 2.34. The third kappa shape index (κ3) is 3.88. The minimum atomic E-state index is -0.0838. The highest BCUT2D eigenvalue weighted by Gasteiger charge is 2.34. The van der Waals surface area contributed by atoms with E-state index in [2.05, 4.69) is 12.1 Å². The van der Waals surface area contributed by atoms with Crippen molar-refractivity contribution in [2.45, 2.75) is 58.4 Å². The summed E-state index contributed by atoms with van der Waals surface area (Å²) < 4.78 is 0. The van der Waals surface area contributed by atoms with Gasteiger partial charge >= 0.3 is 0 Å². The van der Waals surface area contributed by atoms with Crippen molar-refractivity contribution in [1.29, 1.82) is 0 Å². The molecule has 1 aromatic heterocycles. The van der Waals surface area contributed by atoms with Crippen LogP contribution in [-0.4, -0.2) is 39.8 Å². The zero-order valence-electron chi connectivity index (χ0n) is 17.2. The topological polar surface area (TPSA) is 66.4 Å². The Bertz CT molecular complexity index is 913. The summed E-state index contributed by atoms with van der Waals surface area (Å²) in [6.45, 7) is 5.25. The van der Waals surface area contributed by atoms with Crippen LogP contribution >= 0.6 is 0 Å². The van der Waals surface area contributed by atoms with E-state index >= 15 is 0 Å². The van der Waals surface area contributed by atoms with Crippen molar-refractivity contribution in [3.05, 3.63) is 53.0 Å². The maximum Gasteiger partial charge on any atom is 0.228 e. The minimum absolute atomic E-state index is 0.0838. The Hall–Kier alpha value is -2.76. The highest BCUT2D eigenvalue weighted by molar-refractivity contribution is 5.95. The average molecular weight is 393 g/mol. The summed E-state index contributed by atoms with van der Waals surface area (Å²) in [7, 11) is 0. The number of amides is 2. The first-order valence-electron chi connectivity index (χ1n) is 10.6. The normalized spacial score (nSPS) is 18.8. The zero-order chi connectivity index (χ0) is 20.4. The fourth-order valence-electron chi connectivity index (χ4n) is 4.41. The summed E-state index contributed by atoms with van der Waals surface area (Å²) in [6, 6.07) is 10.1. The summed E-state index contributed by atoms with van der Waals surface area (Å²) in [6.07, 6.45) is 4.30. The Balaban J connectivity index is 1.65. The molecule has 6 heteroatoms. The summed E-state index contributed by atoms with van der Waals surface area (Å²) >= 11 is 0. The summed E-state index contributed by atoms with van der Waals surface area (Å²) in [5.74, 6) is 1.68. The molecule has 1 aromatic carbocycles. The highest BCUT2D eigenvalue weighted by atomic mass is 16.2. The molecule has 29 heavy (non-hydrogen) atoms. The Labute approximate surface area is 172 Å². The van der Waals surface area contributed by atoms with E-state index in [-0.39, 0.29) is 17.9 Å². The van der Waals surface area contributed by atoms with Gasteiger partial charge in [0, 0.05) is 37.2 Å². The van der Waals surface area contributed by atoms with Gasteiger partial charge in [0.15, 0.2) is 5.82 Å². The molecule has 4 rings (SSSR count). The second-order valence-electron chi connectivity index (χ2n) is 7.85. The minimum Gasteiger partial charge on any atom is -0.332 e. The summed E-state index contributed by atoms with van der Waals surface area (Å²) in [5.41, 5.74) is 3.19. The SMILES string of the molecule is CCC(=O)N1CCC[C@@H]1c1nc(C)c2c(n1)N(CCc1ccccc1)C(=O)CC2. The predicted octanol–water partition coefficient (Wildman–Crippen LogP) is 3.38. The Kier molecular flexibility index (Phi) is 5.60. The molecule has 1 atom stereocenters. The molecule has 0 spiro atoms. The summed E-state index contributed by atoms with van der Waals surface area (Å²) in [4.78, 5) is 38.5. The maximum atomic E-state index is 12.7. The van der Waals surface area contributed by atoms with E-state index in [9.17, 15) is 9.59 Å². The van der Waals surface area contributed by atoms with E-state index in [1.54, 1.807) is 0 Å². The largest absolute Gasteiger partial charge is 0.332 e. The van der Waals surface area contributed by atoms with Crippen molar-refractivity contribution in [2.75, 3.05) is 18.0 Å². The number of rotatable bonds is 5. The number of carbonyl (C=O) groups is 2. The van der Waals surface area contributed by atoms with Gasteiger partial charge in [-0.25, -0.2) is 9.97 Å². The molecule has 0 N–H and O–H groups in total. The molecule has 2 aliphatic rings. The number of aromatic nitrogens is 2. The Morgan fingerprint density at radius 2 is 1.97 bits per heavy atom. The lowest BCUT2D eigenvalue weighted by Crippen LogP contribution is -2.39. The maximum absolute atomic E-state index is 12.7. The van der Waals surface area contributed by atoms with Gasteiger partial charge in [-0.05, 0) is 38.2 Å². The van der Waals surface area contributed by atoms with Crippen LogP contribution in [0.5, 0.6) is 0 Å². The van der Waals surface area contributed by atoms with E-state index in [0.717, 1.165) is 42.9 Å². The fourth-order valence-corrected chi connectivity index (χ4v) is 4.41. The monoisotopic (exact) mass is 392 g/mol. The van der Waals surface area contributed by atoms with Crippen LogP contribution in [0.3, 0.4) is 0 Å². The molecule has 1 fully saturated rings. The van der Waals surface area contributed by atoms with E-state index in [0.29, 0.717) is 31.6 Å². The van der Waals surface area contributed by atoms with Crippen LogP contribution in [0.4, 0.5) is 5.82 Å². The van der Waals surface area contributed by atoms with Gasteiger partial charge in [-0.3, -0.25) is 14.5 Å². The van der Waals surface area contributed by atoms with Gasteiger partial charge in [0.1, 0.15) is 5.82 Å². The quantitative estimate of drug-likeness (QED) is 0.782. The van der Waals surface area contributed by atoms with Crippen LogP contribution in [0.15, 0.2) is 30.3 Å². The van der Waals surface area contributed by atoms with Gasteiger partial charge in [0.05, 0.1) is 6.04 Å². The number of nitrogens with zero attached hydrogens (tertiary/aromatic N) is 4. The number of hydrogen-bond donors (Lipinski definition) is 0. The first-order valence-corrected chi connectivity index (χ1v) is 10.6. The van der Waals surface area contributed by atoms with Crippen molar-refractivity contribution < 1.29 is 9.59 Å². The Morgan fingerprint density at radius 3 is 2.72 bits per heavy atom. The van der Waals surface area contributed by atoms with Gasteiger partial charge in [-0.1, -0.05) is 37.3 Å². The van der Waals surface area contributed by atoms with Crippen molar-refractivity contribution >= 4 is 17.6 Å². The first-order chi connectivity index (χ1) is 14.1. The lowest BCUT2D eigenvalue weighted by atomic mass is 10.0. The molecule has 3 heterocycles. The van der Waals surface area contributed by atoms with Crippen molar-refractivity contribution in [3.63, 3.8) is 0 Å². The Morgan fingerprint density at radius 1 is 1.17 bits per heavy atom. The molecule has 0 unspecified atom stereocenters. The number of carbonyl (C=O) groups excluding carboxylic acids is 2. The van der Waals surface area contributed by atoms with Gasteiger partial charge in [-0.2, -0.15) is 0 Å². The smallest absolute Gasteiger partial charge is 0.228 e. The fraction of sp³-hybridized carbons (Fsp3) is 0.478. The number of benzene rings is 1. The van der Waals surface area contributed by atoms with Crippen LogP contribution in [0, 0.1) is 6.92 Å². The lowest BCUT2D eigenvalue weighted by Gasteiger charge is -2.31. The third-order valence-electron chi connectivity index (χ3n) is 6.00. The zero-order valence-corrected chi connectivity index (χ0v) is 17.2. The molecular formula is C23H28N4O2. The standard InChI is InChI=1S/C23H28N4O2/c1-3-20(28)26-14-7-10-19(26)22-24-16(2)18-11-12-21(29)27(23(18)25-22)15-13-17-8-5-4-6-9-17/h4-6,8-9,19H,3,7,10-15H2,1-2H3/t19-/m1/s1. The summed E-state index contributed by atoms with van der Waals surface area (Å²) in [5, 5.41) is 0. The average Bonchev–Trinajstić information content (AvgIpc) is 3.23. The van der Waals surface area contributed by atoms with Crippen LogP contribution in [0.2, 0.25) is 0 Å². The van der Waals surface area contributed by atoms with Gasteiger partial charge < -0.3 is 4.90 Å². The van der Waals surface area contributed by atoms with Crippen LogP contribution in [0.1, 0.15) is 61.3 Å². The molecule has 2 amide bonds. The predicted molar refractivity (Wildman–Crippen MR) is 112 cm³/mol. The lowest BCUT2D eigenvalue weighted by molar-refractivity contribution is -0.132.